The molecule has 1 fully saturated rings. The van der Waals surface area contributed by atoms with Crippen LogP contribution in [0.4, 0.5) is 0 Å². The number of benzene rings is 2. The fraction of sp³-hybridized carbons (Fsp3) is 0.308. The van der Waals surface area contributed by atoms with E-state index in [1.165, 1.54) is 0 Å². The molecule has 3 aliphatic rings. The molecule has 2 aliphatic heterocycles. The molecule has 2 heterocycles. The summed E-state index contributed by atoms with van der Waals surface area (Å²) in [5.74, 6) is 3.03. The van der Waals surface area contributed by atoms with Crippen molar-refractivity contribution in [1.29, 1.82) is 0 Å². The van der Waals surface area contributed by atoms with Gasteiger partial charge in [0, 0.05) is 42.1 Å². The van der Waals surface area contributed by atoms with E-state index >= 15 is 0 Å². The highest BCUT2D eigenvalue weighted by Crippen LogP contribution is 2.53. The number of piperazine rings is 1. The SMILES string of the molecule is OC1=CCC2C(=C1)SC(c1ccc(Br)cc1)=C2Oc1ccc(OCCN2CCNCC2)cc1. The maximum Gasteiger partial charge on any atom is 0.127 e. The van der Waals surface area contributed by atoms with Crippen LogP contribution in [0.1, 0.15) is 12.0 Å². The number of aliphatic hydroxyl groups is 1. The van der Waals surface area contributed by atoms with Gasteiger partial charge < -0.3 is 19.9 Å². The lowest BCUT2D eigenvalue weighted by molar-refractivity contribution is 0.191. The summed E-state index contributed by atoms with van der Waals surface area (Å²) in [5.41, 5.74) is 1.11. The van der Waals surface area contributed by atoms with E-state index in [4.69, 9.17) is 9.47 Å². The number of halogens is 1. The molecule has 0 saturated carbocycles. The zero-order valence-corrected chi connectivity index (χ0v) is 20.7. The summed E-state index contributed by atoms with van der Waals surface area (Å²) in [4.78, 5) is 4.64. The summed E-state index contributed by atoms with van der Waals surface area (Å²) >= 11 is 5.19. The van der Waals surface area contributed by atoms with Crippen molar-refractivity contribution in [3.8, 4) is 11.5 Å². The first-order valence-electron chi connectivity index (χ1n) is 11.3. The van der Waals surface area contributed by atoms with Crippen molar-refractivity contribution in [1.82, 2.24) is 10.2 Å². The third-order valence-corrected chi connectivity index (χ3v) is 7.81. The fourth-order valence-corrected chi connectivity index (χ4v) is 5.77. The van der Waals surface area contributed by atoms with Gasteiger partial charge in [0.05, 0.1) is 10.8 Å². The van der Waals surface area contributed by atoms with E-state index in [1.54, 1.807) is 11.8 Å². The standard InChI is InChI=1S/C26H27BrN2O3S/c27-19-3-1-18(2-4-19)26-25(23-10-5-20(30)17-24(23)33-26)32-22-8-6-21(7-9-22)31-16-15-29-13-11-28-12-14-29/h1-9,17,23,28,30H,10-16H2. The minimum Gasteiger partial charge on any atom is -0.508 e. The second kappa shape index (κ2) is 10.4. The predicted octanol–water partition coefficient (Wildman–Crippen LogP) is 5.57. The second-order valence-corrected chi connectivity index (χ2v) is 10.3. The third kappa shape index (κ3) is 5.49. The Bertz CT molecular complexity index is 1070. The van der Waals surface area contributed by atoms with E-state index in [1.807, 2.05) is 48.6 Å². The van der Waals surface area contributed by atoms with Crippen LogP contribution >= 0.6 is 27.7 Å². The Labute approximate surface area is 207 Å². The monoisotopic (exact) mass is 526 g/mol. The molecule has 5 nitrogen and oxygen atoms in total. The Morgan fingerprint density at radius 1 is 1.03 bits per heavy atom. The predicted molar refractivity (Wildman–Crippen MR) is 137 cm³/mol. The fourth-order valence-electron chi connectivity index (χ4n) is 4.20. The highest BCUT2D eigenvalue weighted by molar-refractivity contribution is 9.10. The lowest BCUT2D eigenvalue weighted by Gasteiger charge is -2.26. The Hall–Kier alpha value is -2.19. The topological polar surface area (TPSA) is 54.0 Å². The van der Waals surface area contributed by atoms with E-state index in [0.29, 0.717) is 12.4 Å². The summed E-state index contributed by atoms with van der Waals surface area (Å²) in [5, 5.41) is 13.4. The van der Waals surface area contributed by atoms with Gasteiger partial charge in [-0.1, -0.05) is 39.8 Å². The molecular formula is C26H27BrN2O3S. The van der Waals surface area contributed by atoms with Gasteiger partial charge in [0.25, 0.3) is 0 Å². The van der Waals surface area contributed by atoms with Crippen LogP contribution in [0.3, 0.4) is 0 Å². The molecule has 0 aromatic heterocycles. The minimum atomic E-state index is 0.125. The Morgan fingerprint density at radius 2 is 1.76 bits per heavy atom. The second-order valence-electron chi connectivity index (χ2n) is 8.28. The number of hydrogen-bond acceptors (Lipinski definition) is 6. The molecule has 0 bridgehead atoms. The number of thioether (sulfide) groups is 1. The first-order valence-corrected chi connectivity index (χ1v) is 12.9. The quantitative estimate of drug-likeness (QED) is 0.491. The summed E-state index contributed by atoms with van der Waals surface area (Å²) in [6.07, 6.45) is 4.44. The molecule has 33 heavy (non-hydrogen) atoms. The van der Waals surface area contributed by atoms with Crippen LogP contribution in [-0.4, -0.2) is 49.3 Å². The lowest BCUT2D eigenvalue weighted by atomic mass is 9.96. The van der Waals surface area contributed by atoms with E-state index in [9.17, 15) is 5.11 Å². The van der Waals surface area contributed by atoms with Crippen molar-refractivity contribution in [3.63, 3.8) is 0 Å². The van der Waals surface area contributed by atoms with E-state index in [0.717, 1.165) is 76.2 Å². The molecule has 172 valence electrons. The lowest BCUT2D eigenvalue weighted by Crippen LogP contribution is -2.44. The normalized spacial score (nSPS) is 20.8. The van der Waals surface area contributed by atoms with Crippen molar-refractivity contribution in [2.75, 3.05) is 39.3 Å². The third-order valence-electron chi connectivity index (χ3n) is 6.00. The molecule has 1 atom stereocenters. The number of fused-ring (bicyclic) bond motifs is 1. The summed E-state index contributed by atoms with van der Waals surface area (Å²) in [6, 6.07) is 16.1. The molecule has 2 aromatic carbocycles. The van der Waals surface area contributed by atoms with Crippen molar-refractivity contribution < 1.29 is 14.6 Å². The maximum atomic E-state index is 10.00. The van der Waals surface area contributed by atoms with Crippen LogP contribution in [0.5, 0.6) is 11.5 Å². The molecule has 0 amide bonds. The van der Waals surface area contributed by atoms with Gasteiger partial charge in [-0.05, 0) is 60.5 Å². The van der Waals surface area contributed by atoms with Gasteiger partial charge in [0.15, 0.2) is 0 Å². The molecule has 1 aliphatic carbocycles. The van der Waals surface area contributed by atoms with Crippen LogP contribution < -0.4 is 14.8 Å². The summed E-state index contributed by atoms with van der Waals surface area (Å²) < 4.78 is 13.4. The molecular weight excluding hydrogens is 500 g/mol. The molecule has 7 heteroatoms. The first kappa shape index (κ1) is 22.6. The van der Waals surface area contributed by atoms with Gasteiger partial charge in [-0.15, -0.1) is 0 Å². The number of allylic oxidation sites excluding steroid dienone is 3. The van der Waals surface area contributed by atoms with Gasteiger partial charge in [0.2, 0.25) is 0 Å². The number of aliphatic hydroxyl groups excluding tert-OH is 1. The highest BCUT2D eigenvalue weighted by Gasteiger charge is 2.35. The van der Waals surface area contributed by atoms with Gasteiger partial charge >= 0.3 is 0 Å². The largest absolute Gasteiger partial charge is 0.508 e. The van der Waals surface area contributed by atoms with Crippen LogP contribution in [0.25, 0.3) is 4.91 Å². The molecule has 0 radical (unpaired) electrons. The minimum absolute atomic E-state index is 0.125. The average molecular weight is 527 g/mol. The van der Waals surface area contributed by atoms with Crippen molar-refractivity contribution in [3.05, 3.63) is 87.1 Å². The van der Waals surface area contributed by atoms with E-state index in [2.05, 4.69) is 38.3 Å². The maximum absolute atomic E-state index is 10.00. The molecule has 0 spiro atoms. The van der Waals surface area contributed by atoms with Crippen molar-refractivity contribution in [2.24, 2.45) is 5.92 Å². The number of rotatable bonds is 7. The Balaban J connectivity index is 1.29. The zero-order chi connectivity index (χ0) is 22.6. The number of hydrogen-bond donors (Lipinski definition) is 2. The molecule has 2 aromatic rings. The van der Waals surface area contributed by atoms with Crippen molar-refractivity contribution >= 4 is 32.6 Å². The number of nitrogens with one attached hydrogen (secondary N) is 1. The van der Waals surface area contributed by atoms with Crippen LogP contribution in [0, 0.1) is 5.92 Å². The number of ether oxygens (including phenoxy) is 2. The van der Waals surface area contributed by atoms with E-state index in [-0.39, 0.29) is 5.92 Å². The van der Waals surface area contributed by atoms with Crippen LogP contribution in [0.2, 0.25) is 0 Å². The summed E-state index contributed by atoms with van der Waals surface area (Å²) in [6.45, 7) is 5.88. The summed E-state index contributed by atoms with van der Waals surface area (Å²) in [7, 11) is 0. The van der Waals surface area contributed by atoms with Crippen LogP contribution in [0.15, 0.2) is 81.6 Å². The zero-order valence-electron chi connectivity index (χ0n) is 18.3. The molecule has 1 saturated heterocycles. The molecule has 1 unspecified atom stereocenters. The molecule has 5 rings (SSSR count). The Morgan fingerprint density at radius 3 is 2.52 bits per heavy atom. The van der Waals surface area contributed by atoms with Gasteiger partial charge in [-0.2, -0.15) is 0 Å². The van der Waals surface area contributed by atoms with E-state index < -0.39 is 0 Å². The first-order chi connectivity index (χ1) is 16.2. The molecule has 2 N–H and O–H groups in total. The van der Waals surface area contributed by atoms with Crippen LogP contribution in [-0.2, 0) is 0 Å². The van der Waals surface area contributed by atoms with Crippen molar-refractivity contribution in [2.45, 2.75) is 6.42 Å². The number of nitrogens with zero attached hydrogens (tertiary/aromatic N) is 1. The van der Waals surface area contributed by atoms with Gasteiger partial charge in [-0.3, -0.25) is 4.90 Å². The Kier molecular flexibility index (Phi) is 7.11. The smallest absolute Gasteiger partial charge is 0.127 e. The highest BCUT2D eigenvalue weighted by atomic mass is 79.9. The van der Waals surface area contributed by atoms with Gasteiger partial charge in [0.1, 0.15) is 29.6 Å². The average Bonchev–Trinajstić information content (AvgIpc) is 3.18. The van der Waals surface area contributed by atoms with Gasteiger partial charge in [-0.25, -0.2) is 0 Å².